The molecule has 1 fully saturated rings. The number of quaternary nitrogens is 1. The van der Waals surface area contributed by atoms with Gasteiger partial charge in [0.05, 0.1) is 32.7 Å². The van der Waals surface area contributed by atoms with Crippen LogP contribution in [-0.4, -0.2) is 79.4 Å². The number of likely N-dealkylation sites (N-methyl/N-ethyl adjacent to an activating group) is 1. The molecule has 7 nitrogen and oxygen atoms in total. The molecular formula is C22H32FN4O3+. The van der Waals surface area contributed by atoms with Gasteiger partial charge in [0.25, 0.3) is 5.91 Å². The van der Waals surface area contributed by atoms with E-state index in [9.17, 15) is 18.8 Å². The third kappa shape index (κ3) is 7.94. The Hall–Kier alpha value is -2.74. The minimum Gasteiger partial charge on any atom is -0.347 e. The summed E-state index contributed by atoms with van der Waals surface area (Å²) in [5.41, 5.74) is 0.326. The van der Waals surface area contributed by atoms with Gasteiger partial charge in [0.15, 0.2) is 6.54 Å². The van der Waals surface area contributed by atoms with E-state index >= 15 is 0 Å². The van der Waals surface area contributed by atoms with Crippen molar-refractivity contribution in [2.24, 2.45) is 0 Å². The Bertz CT molecular complexity index is 796. The van der Waals surface area contributed by atoms with E-state index in [0.717, 1.165) is 4.90 Å². The van der Waals surface area contributed by atoms with E-state index < -0.39 is 0 Å². The average molecular weight is 420 g/mol. The lowest BCUT2D eigenvalue weighted by Crippen LogP contribution is -3.16. The fourth-order valence-corrected chi connectivity index (χ4v) is 3.22. The third-order valence-corrected chi connectivity index (χ3v) is 4.76. The zero-order valence-electron chi connectivity index (χ0n) is 18.2. The largest absolute Gasteiger partial charge is 0.347 e. The highest BCUT2D eigenvalue weighted by Gasteiger charge is 2.27. The first-order valence-corrected chi connectivity index (χ1v) is 10.1. The maximum atomic E-state index is 13.2. The van der Waals surface area contributed by atoms with Gasteiger partial charge in [-0.05, 0) is 44.5 Å². The van der Waals surface area contributed by atoms with Crippen molar-refractivity contribution in [3.05, 3.63) is 41.7 Å². The predicted octanol–water partition coefficient (Wildman–Crippen LogP) is -0.0609. The van der Waals surface area contributed by atoms with Crippen LogP contribution in [-0.2, 0) is 14.4 Å². The van der Waals surface area contributed by atoms with E-state index in [4.69, 9.17) is 0 Å². The van der Waals surface area contributed by atoms with Crippen molar-refractivity contribution in [1.82, 2.24) is 15.1 Å². The number of nitrogens with zero attached hydrogens (tertiary/aromatic N) is 2. The smallest absolute Gasteiger partial charge is 0.275 e. The lowest BCUT2D eigenvalue weighted by Gasteiger charge is -2.33. The van der Waals surface area contributed by atoms with Crippen LogP contribution < -0.4 is 10.2 Å². The van der Waals surface area contributed by atoms with Crippen molar-refractivity contribution >= 4 is 23.8 Å². The SMILES string of the molecule is CN(CC(=O)N1CC[NH+](CC(=O)NC(C)(C)C)CC1)C(=O)/C=C/c1cccc(F)c1. The van der Waals surface area contributed by atoms with Crippen molar-refractivity contribution in [2.45, 2.75) is 26.3 Å². The van der Waals surface area contributed by atoms with Crippen LogP contribution in [0.2, 0.25) is 0 Å². The summed E-state index contributed by atoms with van der Waals surface area (Å²) in [7, 11) is 1.56. The molecule has 1 aromatic carbocycles. The molecule has 30 heavy (non-hydrogen) atoms. The number of benzene rings is 1. The number of rotatable bonds is 6. The summed E-state index contributed by atoms with van der Waals surface area (Å²) < 4.78 is 13.2. The maximum Gasteiger partial charge on any atom is 0.275 e. The van der Waals surface area contributed by atoms with Crippen LogP contribution in [0.1, 0.15) is 26.3 Å². The molecule has 1 heterocycles. The summed E-state index contributed by atoms with van der Waals surface area (Å²) in [6.45, 7) is 8.71. The fourth-order valence-electron chi connectivity index (χ4n) is 3.22. The topological polar surface area (TPSA) is 74.2 Å². The van der Waals surface area contributed by atoms with Crippen molar-refractivity contribution < 1.29 is 23.7 Å². The average Bonchev–Trinajstić information content (AvgIpc) is 2.65. The molecule has 0 radical (unpaired) electrons. The van der Waals surface area contributed by atoms with Gasteiger partial charge in [0.2, 0.25) is 11.8 Å². The summed E-state index contributed by atoms with van der Waals surface area (Å²) >= 11 is 0. The molecule has 1 aromatic rings. The Morgan fingerprint density at radius 3 is 2.50 bits per heavy atom. The van der Waals surface area contributed by atoms with Crippen molar-refractivity contribution in [2.75, 3.05) is 46.3 Å². The first-order valence-electron chi connectivity index (χ1n) is 10.1. The number of hydrogen-bond acceptors (Lipinski definition) is 3. The lowest BCUT2D eigenvalue weighted by molar-refractivity contribution is -0.896. The highest BCUT2D eigenvalue weighted by molar-refractivity contribution is 5.94. The lowest BCUT2D eigenvalue weighted by atomic mass is 10.1. The minimum absolute atomic E-state index is 0.00712. The third-order valence-electron chi connectivity index (χ3n) is 4.76. The van der Waals surface area contributed by atoms with Crippen LogP contribution in [0.15, 0.2) is 30.3 Å². The Labute approximate surface area is 177 Å². The van der Waals surface area contributed by atoms with Gasteiger partial charge in [0.1, 0.15) is 5.82 Å². The molecule has 0 saturated carbocycles. The van der Waals surface area contributed by atoms with Crippen molar-refractivity contribution in [1.29, 1.82) is 0 Å². The van der Waals surface area contributed by atoms with Crippen LogP contribution in [0, 0.1) is 5.82 Å². The Morgan fingerprint density at radius 1 is 1.23 bits per heavy atom. The van der Waals surface area contributed by atoms with Crippen molar-refractivity contribution in [3.63, 3.8) is 0 Å². The normalized spacial score (nSPS) is 15.3. The summed E-state index contributed by atoms with van der Waals surface area (Å²) in [6, 6.07) is 5.93. The van der Waals surface area contributed by atoms with Gasteiger partial charge in [-0.1, -0.05) is 12.1 Å². The Morgan fingerprint density at radius 2 is 1.90 bits per heavy atom. The number of nitrogens with one attached hydrogen (secondary N) is 2. The molecule has 1 saturated heterocycles. The highest BCUT2D eigenvalue weighted by Crippen LogP contribution is 2.06. The van der Waals surface area contributed by atoms with E-state index in [1.54, 1.807) is 24.1 Å². The van der Waals surface area contributed by atoms with Gasteiger partial charge in [-0.25, -0.2) is 4.39 Å². The first-order chi connectivity index (χ1) is 14.0. The summed E-state index contributed by atoms with van der Waals surface area (Å²) in [5.74, 6) is -0.808. The number of carbonyl (C=O) groups excluding carboxylic acids is 3. The Kier molecular flexibility index (Phi) is 8.11. The molecule has 0 atom stereocenters. The minimum atomic E-state index is -0.370. The second kappa shape index (κ2) is 10.3. The van der Waals surface area contributed by atoms with E-state index in [0.29, 0.717) is 38.3 Å². The quantitative estimate of drug-likeness (QED) is 0.635. The van der Waals surface area contributed by atoms with Gasteiger partial charge in [0, 0.05) is 18.7 Å². The molecule has 0 bridgehead atoms. The van der Waals surface area contributed by atoms with E-state index in [1.807, 2.05) is 20.8 Å². The number of amides is 3. The number of piperazine rings is 1. The number of hydrogen-bond donors (Lipinski definition) is 2. The van der Waals surface area contributed by atoms with Crippen LogP contribution in [0.4, 0.5) is 4.39 Å². The molecule has 2 rings (SSSR count). The second-order valence-electron chi connectivity index (χ2n) is 8.69. The molecule has 1 aliphatic heterocycles. The molecule has 2 N–H and O–H groups in total. The molecule has 0 spiro atoms. The molecule has 1 aliphatic rings. The van der Waals surface area contributed by atoms with Gasteiger partial charge in [-0.2, -0.15) is 0 Å². The molecule has 3 amide bonds. The van der Waals surface area contributed by atoms with Crippen LogP contribution in [0.5, 0.6) is 0 Å². The van der Waals surface area contributed by atoms with Crippen LogP contribution in [0.3, 0.4) is 0 Å². The molecule has 0 unspecified atom stereocenters. The summed E-state index contributed by atoms with van der Waals surface area (Å²) in [4.78, 5) is 41.0. The zero-order chi connectivity index (χ0) is 22.3. The number of carbonyl (C=O) groups is 3. The van der Waals surface area contributed by atoms with Crippen LogP contribution in [0.25, 0.3) is 6.08 Å². The standard InChI is InChI=1S/C22H31FN4O3/c1-22(2,3)24-19(28)15-26-10-12-27(13-11-26)21(30)16-25(4)20(29)9-8-17-6-5-7-18(23)14-17/h5-9,14H,10-13,15-16H2,1-4H3,(H,24,28)/p+1/b9-8+. The number of halogens is 1. The summed E-state index contributed by atoms with van der Waals surface area (Å²) in [6.07, 6.45) is 2.86. The van der Waals surface area contributed by atoms with E-state index in [-0.39, 0.29) is 35.6 Å². The van der Waals surface area contributed by atoms with Gasteiger partial charge >= 0.3 is 0 Å². The molecular weight excluding hydrogens is 387 g/mol. The van der Waals surface area contributed by atoms with Crippen molar-refractivity contribution in [3.8, 4) is 0 Å². The monoisotopic (exact) mass is 419 g/mol. The molecule has 164 valence electrons. The zero-order valence-corrected chi connectivity index (χ0v) is 18.2. The fraction of sp³-hybridized carbons (Fsp3) is 0.500. The summed E-state index contributed by atoms with van der Waals surface area (Å²) in [5, 5.41) is 2.95. The second-order valence-corrected chi connectivity index (χ2v) is 8.69. The van der Waals surface area contributed by atoms with E-state index in [1.165, 1.54) is 29.2 Å². The molecule has 0 aromatic heterocycles. The van der Waals surface area contributed by atoms with E-state index in [2.05, 4.69) is 5.32 Å². The van der Waals surface area contributed by atoms with Gasteiger partial charge in [-0.3, -0.25) is 14.4 Å². The maximum absolute atomic E-state index is 13.2. The van der Waals surface area contributed by atoms with Gasteiger partial charge in [-0.15, -0.1) is 0 Å². The highest BCUT2D eigenvalue weighted by atomic mass is 19.1. The predicted molar refractivity (Wildman–Crippen MR) is 113 cm³/mol. The van der Waals surface area contributed by atoms with Gasteiger partial charge < -0.3 is 20.0 Å². The first kappa shape index (κ1) is 23.5. The van der Waals surface area contributed by atoms with Crippen LogP contribution >= 0.6 is 0 Å². The Balaban J connectivity index is 1.77. The molecule has 0 aliphatic carbocycles. The molecule has 8 heteroatoms.